The number of carbonyl (C=O) groups excluding carboxylic acids is 1. The number of carbonyl (C=O) groups is 1. The Kier molecular flexibility index (Phi) is 7.36. The highest BCUT2D eigenvalue weighted by molar-refractivity contribution is 9.09. The SMILES string of the molecule is CC(C)(C)OC(=O)NCCOc1ccccc1OCCBr. The molecule has 5 nitrogen and oxygen atoms in total. The second-order valence-electron chi connectivity index (χ2n) is 5.26. The zero-order chi connectivity index (χ0) is 15.7. The van der Waals surface area contributed by atoms with E-state index in [1.807, 2.05) is 45.0 Å². The maximum atomic E-state index is 11.5. The first-order valence-corrected chi connectivity index (χ1v) is 7.92. The number of para-hydroxylation sites is 2. The van der Waals surface area contributed by atoms with Gasteiger partial charge in [0.05, 0.1) is 13.2 Å². The van der Waals surface area contributed by atoms with Gasteiger partial charge in [-0.3, -0.25) is 0 Å². The summed E-state index contributed by atoms with van der Waals surface area (Å²) in [5.41, 5.74) is -0.499. The molecule has 1 rings (SSSR count). The van der Waals surface area contributed by atoms with Crippen LogP contribution in [-0.2, 0) is 4.74 Å². The van der Waals surface area contributed by atoms with Crippen molar-refractivity contribution in [3.8, 4) is 11.5 Å². The van der Waals surface area contributed by atoms with Gasteiger partial charge in [0.25, 0.3) is 0 Å². The first-order chi connectivity index (χ1) is 9.92. The Bertz CT molecular complexity index is 446. The summed E-state index contributed by atoms with van der Waals surface area (Å²) in [6.45, 7) is 6.73. The number of rotatable bonds is 7. The van der Waals surface area contributed by atoms with Crippen LogP contribution in [0.1, 0.15) is 20.8 Å². The van der Waals surface area contributed by atoms with Gasteiger partial charge in [-0.1, -0.05) is 28.1 Å². The van der Waals surface area contributed by atoms with E-state index in [0.29, 0.717) is 31.3 Å². The van der Waals surface area contributed by atoms with Crippen molar-refractivity contribution in [1.82, 2.24) is 5.32 Å². The maximum absolute atomic E-state index is 11.5. The van der Waals surface area contributed by atoms with Gasteiger partial charge in [-0.2, -0.15) is 0 Å². The van der Waals surface area contributed by atoms with Crippen LogP contribution in [-0.4, -0.2) is 36.8 Å². The van der Waals surface area contributed by atoms with Gasteiger partial charge in [0.2, 0.25) is 0 Å². The van der Waals surface area contributed by atoms with Gasteiger partial charge in [0.15, 0.2) is 11.5 Å². The smallest absolute Gasteiger partial charge is 0.407 e. The number of nitrogens with one attached hydrogen (secondary N) is 1. The topological polar surface area (TPSA) is 56.8 Å². The molecule has 6 heteroatoms. The largest absolute Gasteiger partial charge is 0.489 e. The zero-order valence-corrected chi connectivity index (χ0v) is 14.2. The fourth-order valence-corrected chi connectivity index (χ4v) is 1.63. The predicted molar refractivity (Wildman–Crippen MR) is 85.5 cm³/mol. The highest BCUT2D eigenvalue weighted by Crippen LogP contribution is 2.26. The van der Waals surface area contributed by atoms with Gasteiger partial charge >= 0.3 is 6.09 Å². The highest BCUT2D eigenvalue weighted by atomic mass is 79.9. The fourth-order valence-electron chi connectivity index (χ4n) is 1.47. The van der Waals surface area contributed by atoms with Crippen LogP contribution in [0.5, 0.6) is 11.5 Å². The van der Waals surface area contributed by atoms with Crippen molar-refractivity contribution in [3.05, 3.63) is 24.3 Å². The van der Waals surface area contributed by atoms with Crippen LogP contribution in [0.3, 0.4) is 0 Å². The van der Waals surface area contributed by atoms with Crippen LogP contribution >= 0.6 is 15.9 Å². The van der Waals surface area contributed by atoms with Crippen molar-refractivity contribution in [2.75, 3.05) is 25.1 Å². The maximum Gasteiger partial charge on any atom is 0.407 e. The van der Waals surface area contributed by atoms with Crippen LogP contribution in [0.25, 0.3) is 0 Å². The molecule has 0 fully saturated rings. The van der Waals surface area contributed by atoms with Crippen molar-refractivity contribution in [3.63, 3.8) is 0 Å². The first kappa shape index (κ1) is 17.6. The molecule has 0 aromatic heterocycles. The lowest BCUT2D eigenvalue weighted by molar-refractivity contribution is 0.0520. The van der Waals surface area contributed by atoms with Crippen molar-refractivity contribution >= 4 is 22.0 Å². The third-order valence-electron chi connectivity index (χ3n) is 2.21. The molecule has 1 aromatic carbocycles. The van der Waals surface area contributed by atoms with E-state index in [-0.39, 0.29) is 0 Å². The fraction of sp³-hybridized carbons (Fsp3) is 0.533. The molecule has 0 bridgehead atoms. The summed E-state index contributed by atoms with van der Waals surface area (Å²) < 4.78 is 16.3. The Balaban J connectivity index is 2.34. The van der Waals surface area contributed by atoms with Gasteiger partial charge in [-0.05, 0) is 32.9 Å². The Morgan fingerprint density at radius 1 is 1.14 bits per heavy atom. The highest BCUT2D eigenvalue weighted by Gasteiger charge is 2.15. The molecule has 0 saturated carbocycles. The molecule has 0 aliphatic carbocycles. The Morgan fingerprint density at radius 3 is 2.24 bits per heavy atom. The standard InChI is InChI=1S/C15H22BrNO4/c1-15(2,3)21-14(18)17-9-11-20-13-7-5-4-6-12(13)19-10-8-16/h4-7H,8-11H2,1-3H3,(H,17,18). The predicted octanol–water partition coefficient (Wildman–Crippen LogP) is 3.36. The summed E-state index contributed by atoms with van der Waals surface area (Å²) in [5.74, 6) is 1.35. The third-order valence-corrected chi connectivity index (χ3v) is 2.54. The molecule has 118 valence electrons. The minimum atomic E-state index is -0.499. The minimum absolute atomic E-state index is 0.341. The summed E-state index contributed by atoms with van der Waals surface area (Å²) in [5, 5.41) is 3.39. The normalized spacial score (nSPS) is 10.9. The van der Waals surface area contributed by atoms with Crippen LogP contribution in [0.4, 0.5) is 4.79 Å². The summed E-state index contributed by atoms with van der Waals surface area (Å²) in [6, 6.07) is 7.43. The number of benzene rings is 1. The summed E-state index contributed by atoms with van der Waals surface area (Å²) in [6.07, 6.45) is -0.449. The number of alkyl halides is 1. The lowest BCUT2D eigenvalue weighted by Crippen LogP contribution is -2.34. The van der Waals surface area contributed by atoms with Gasteiger partial charge in [0, 0.05) is 5.33 Å². The van der Waals surface area contributed by atoms with E-state index >= 15 is 0 Å². The Morgan fingerprint density at radius 2 is 1.71 bits per heavy atom. The minimum Gasteiger partial charge on any atom is -0.489 e. The lowest BCUT2D eigenvalue weighted by Gasteiger charge is -2.19. The van der Waals surface area contributed by atoms with E-state index in [1.165, 1.54) is 0 Å². The van der Waals surface area contributed by atoms with Crippen molar-refractivity contribution in [2.24, 2.45) is 0 Å². The van der Waals surface area contributed by atoms with Crippen LogP contribution in [0.15, 0.2) is 24.3 Å². The zero-order valence-electron chi connectivity index (χ0n) is 12.6. The molecule has 0 aliphatic heterocycles. The second kappa shape index (κ2) is 8.77. The summed E-state index contributed by atoms with van der Waals surface area (Å²) in [4.78, 5) is 11.5. The van der Waals surface area contributed by atoms with E-state index in [9.17, 15) is 4.79 Å². The average molecular weight is 360 g/mol. The van der Waals surface area contributed by atoms with E-state index in [1.54, 1.807) is 0 Å². The molecule has 0 atom stereocenters. The molecular formula is C15H22BrNO4. The molecule has 0 unspecified atom stereocenters. The molecule has 1 aromatic rings. The molecule has 0 aliphatic rings. The molecule has 1 amide bonds. The quantitative estimate of drug-likeness (QED) is 0.598. The third kappa shape index (κ3) is 7.80. The van der Waals surface area contributed by atoms with Crippen LogP contribution in [0, 0.1) is 0 Å². The summed E-state index contributed by atoms with van der Waals surface area (Å²) in [7, 11) is 0. The van der Waals surface area contributed by atoms with E-state index in [4.69, 9.17) is 14.2 Å². The summed E-state index contributed by atoms with van der Waals surface area (Å²) >= 11 is 3.31. The van der Waals surface area contributed by atoms with Crippen molar-refractivity contribution in [2.45, 2.75) is 26.4 Å². The number of ether oxygens (including phenoxy) is 3. The Hall–Kier alpha value is -1.43. The second-order valence-corrected chi connectivity index (χ2v) is 6.05. The van der Waals surface area contributed by atoms with E-state index < -0.39 is 11.7 Å². The molecular weight excluding hydrogens is 338 g/mol. The number of alkyl carbamates (subject to hydrolysis) is 1. The van der Waals surface area contributed by atoms with E-state index in [2.05, 4.69) is 21.2 Å². The average Bonchev–Trinajstić information content (AvgIpc) is 2.40. The van der Waals surface area contributed by atoms with E-state index in [0.717, 1.165) is 5.33 Å². The molecule has 1 N–H and O–H groups in total. The number of hydrogen-bond donors (Lipinski definition) is 1. The van der Waals surface area contributed by atoms with Crippen molar-refractivity contribution < 1.29 is 19.0 Å². The molecule has 0 radical (unpaired) electrons. The lowest BCUT2D eigenvalue weighted by atomic mass is 10.2. The Labute approximate surface area is 134 Å². The van der Waals surface area contributed by atoms with Crippen molar-refractivity contribution in [1.29, 1.82) is 0 Å². The van der Waals surface area contributed by atoms with Gasteiger partial charge in [0.1, 0.15) is 12.2 Å². The van der Waals surface area contributed by atoms with Gasteiger partial charge in [-0.15, -0.1) is 0 Å². The monoisotopic (exact) mass is 359 g/mol. The molecule has 0 heterocycles. The number of amides is 1. The molecule has 0 spiro atoms. The van der Waals surface area contributed by atoms with Gasteiger partial charge < -0.3 is 19.5 Å². The molecule has 21 heavy (non-hydrogen) atoms. The van der Waals surface area contributed by atoms with Gasteiger partial charge in [-0.25, -0.2) is 4.79 Å². The van der Waals surface area contributed by atoms with Crippen LogP contribution < -0.4 is 14.8 Å². The number of hydrogen-bond acceptors (Lipinski definition) is 4. The first-order valence-electron chi connectivity index (χ1n) is 6.80. The molecule has 0 saturated heterocycles. The number of halogens is 1. The van der Waals surface area contributed by atoms with Crippen LogP contribution in [0.2, 0.25) is 0 Å².